The Morgan fingerprint density at radius 1 is 1.24 bits per heavy atom. The van der Waals surface area contributed by atoms with Crippen LogP contribution >= 0.6 is 0 Å². The summed E-state index contributed by atoms with van der Waals surface area (Å²) in [5.41, 5.74) is 1.93. The SMILES string of the molecule is CC(C)NC(=O)Nc1ccc(CNCc2ncc[nH]2)cc1. The quantitative estimate of drug-likeness (QED) is 0.657. The molecular weight excluding hydrogens is 266 g/mol. The fourth-order valence-corrected chi connectivity index (χ4v) is 1.86. The standard InChI is InChI=1S/C15H21N5O/c1-11(2)19-15(21)20-13-5-3-12(4-6-13)9-16-10-14-17-7-8-18-14/h3-8,11,16H,9-10H2,1-2H3,(H,17,18)(H2,19,20,21). The third-order valence-electron chi connectivity index (χ3n) is 2.81. The van der Waals surface area contributed by atoms with Crippen LogP contribution < -0.4 is 16.0 Å². The van der Waals surface area contributed by atoms with Gasteiger partial charge in [0.15, 0.2) is 0 Å². The van der Waals surface area contributed by atoms with E-state index in [0.29, 0.717) is 6.54 Å². The molecule has 0 aliphatic rings. The predicted octanol–water partition coefficient (Wildman–Crippen LogP) is 2.23. The smallest absolute Gasteiger partial charge is 0.319 e. The van der Waals surface area contributed by atoms with Crippen LogP contribution in [-0.4, -0.2) is 22.0 Å². The summed E-state index contributed by atoms with van der Waals surface area (Å²) in [6.07, 6.45) is 3.54. The Morgan fingerprint density at radius 3 is 2.62 bits per heavy atom. The van der Waals surface area contributed by atoms with E-state index in [1.54, 1.807) is 12.4 Å². The molecule has 1 heterocycles. The van der Waals surface area contributed by atoms with E-state index >= 15 is 0 Å². The second-order valence-corrected chi connectivity index (χ2v) is 5.09. The Labute approximate surface area is 124 Å². The van der Waals surface area contributed by atoms with Crippen molar-refractivity contribution in [3.05, 3.63) is 48.0 Å². The van der Waals surface area contributed by atoms with Crippen molar-refractivity contribution in [1.29, 1.82) is 0 Å². The molecule has 2 amide bonds. The Bertz CT molecular complexity index is 548. The summed E-state index contributed by atoms with van der Waals surface area (Å²) in [4.78, 5) is 18.8. The van der Waals surface area contributed by atoms with Gasteiger partial charge in [-0.25, -0.2) is 9.78 Å². The molecule has 6 nitrogen and oxygen atoms in total. The van der Waals surface area contributed by atoms with E-state index in [-0.39, 0.29) is 12.1 Å². The fourth-order valence-electron chi connectivity index (χ4n) is 1.86. The number of imidazole rings is 1. The van der Waals surface area contributed by atoms with E-state index in [9.17, 15) is 4.79 Å². The highest BCUT2D eigenvalue weighted by molar-refractivity contribution is 5.89. The number of anilines is 1. The number of aromatic amines is 1. The lowest BCUT2D eigenvalue weighted by Crippen LogP contribution is -2.34. The van der Waals surface area contributed by atoms with Crippen LogP contribution in [0.15, 0.2) is 36.7 Å². The second-order valence-electron chi connectivity index (χ2n) is 5.09. The first-order valence-corrected chi connectivity index (χ1v) is 6.99. The summed E-state index contributed by atoms with van der Waals surface area (Å²) < 4.78 is 0. The van der Waals surface area contributed by atoms with Crippen molar-refractivity contribution in [2.75, 3.05) is 5.32 Å². The van der Waals surface area contributed by atoms with Gasteiger partial charge in [-0.2, -0.15) is 0 Å². The zero-order valence-corrected chi connectivity index (χ0v) is 12.3. The molecule has 0 atom stereocenters. The molecule has 112 valence electrons. The molecule has 4 N–H and O–H groups in total. The maximum atomic E-state index is 11.6. The molecule has 0 aliphatic heterocycles. The van der Waals surface area contributed by atoms with Crippen molar-refractivity contribution in [2.45, 2.75) is 33.0 Å². The lowest BCUT2D eigenvalue weighted by atomic mass is 10.2. The Kier molecular flexibility index (Phi) is 5.34. The van der Waals surface area contributed by atoms with Crippen LogP contribution in [0.25, 0.3) is 0 Å². The minimum atomic E-state index is -0.186. The highest BCUT2D eigenvalue weighted by Gasteiger charge is 2.03. The van der Waals surface area contributed by atoms with Crippen LogP contribution in [0.2, 0.25) is 0 Å². The summed E-state index contributed by atoms with van der Waals surface area (Å²) in [6, 6.07) is 7.69. The zero-order chi connectivity index (χ0) is 15.1. The monoisotopic (exact) mass is 287 g/mol. The maximum absolute atomic E-state index is 11.6. The van der Waals surface area contributed by atoms with Crippen LogP contribution in [0.4, 0.5) is 10.5 Å². The summed E-state index contributed by atoms with van der Waals surface area (Å²) in [5, 5.41) is 8.87. The first-order chi connectivity index (χ1) is 10.1. The normalized spacial score (nSPS) is 10.6. The number of urea groups is 1. The van der Waals surface area contributed by atoms with Crippen molar-refractivity contribution >= 4 is 11.7 Å². The molecule has 21 heavy (non-hydrogen) atoms. The number of hydrogen-bond donors (Lipinski definition) is 4. The zero-order valence-electron chi connectivity index (χ0n) is 12.3. The Hall–Kier alpha value is -2.34. The molecule has 0 unspecified atom stereocenters. The van der Waals surface area contributed by atoms with Crippen LogP contribution in [0, 0.1) is 0 Å². The van der Waals surface area contributed by atoms with E-state index in [0.717, 1.165) is 23.6 Å². The predicted molar refractivity (Wildman–Crippen MR) is 82.9 cm³/mol. The molecule has 0 fully saturated rings. The molecule has 2 rings (SSSR count). The average Bonchev–Trinajstić information content (AvgIpc) is 2.93. The van der Waals surface area contributed by atoms with Gasteiger partial charge in [-0.05, 0) is 31.5 Å². The van der Waals surface area contributed by atoms with Gasteiger partial charge in [0.25, 0.3) is 0 Å². The number of nitrogens with zero attached hydrogens (tertiary/aromatic N) is 1. The molecular formula is C15H21N5O. The van der Waals surface area contributed by atoms with Gasteiger partial charge in [-0.3, -0.25) is 0 Å². The van der Waals surface area contributed by atoms with E-state index in [1.807, 2.05) is 38.1 Å². The number of nitrogens with one attached hydrogen (secondary N) is 4. The molecule has 0 bridgehead atoms. The maximum Gasteiger partial charge on any atom is 0.319 e. The van der Waals surface area contributed by atoms with Crippen molar-refractivity contribution < 1.29 is 4.79 Å². The molecule has 0 radical (unpaired) electrons. The number of carbonyl (C=O) groups excluding carboxylic acids is 1. The number of carbonyl (C=O) groups is 1. The number of amides is 2. The van der Waals surface area contributed by atoms with Crippen molar-refractivity contribution in [1.82, 2.24) is 20.6 Å². The lowest BCUT2D eigenvalue weighted by Gasteiger charge is -2.10. The number of hydrogen-bond acceptors (Lipinski definition) is 3. The first-order valence-electron chi connectivity index (χ1n) is 6.99. The number of benzene rings is 1. The number of aromatic nitrogens is 2. The minimum Gasteiger partial charge on any atom is -0.348 e. The van der Waals surface area contributed by atoms with Gasteiger partial charge in [0.05, 0.1) is 6.54 Å². The van der Waals surface area contributed by atoms with Gasteiger partial charge < -0.3 is 20.9 Å². The van der Waals surface area contributed by atoms with E-state index in [2.05, 4.69) is 25.9 Å². The summed E-state index contributed by atoms with van der Waals surface area (Å²) in [6.45, 7) is 5.30. The van der Waals surface area contributed by atoms with Gasteiger partial charge >= 0.3 is 6.03 Å². The van der Waals surface area contributed by atoms with Crippen LogP contribution in [-0.2, 0) is 13.1 Å². The topological polar surface area (TPSA) is 81.8 Å². The largest absolute Gasteiger partial charge is 0.348 e. The highest BCUT2D eigenvalue weighted by Crippen LogP contribution is 2.09. The van der Waals surface area contributed by atoms with Crippen LogP contribution in [0.1, 0.15) is 25.2 Å². The summed E-state index contributed by atoms with van der Waals surface area (Å²) in [5.74, 6) is 0.915. The molecule has 0 spiro atoms. The number of H-pyrrole nitrogens is 1. The van der Waals surface area contributed by atoms with Gasteiger partial charge in [0.1, 0.15) is 5.82 Å². The van der Waals surface area contributed by atoms with Gasteiger partial charge in [-0.1, -0.05) is 12.1 Å². The summed E-state index contributed by atoms with van der Waals surface area (Å²) >= 11 is 0. The highest BCUT2D eigenvalue weighted by atomic mass is 16.2. The van der Waals surface area contributed by atoms with E-state index < -0.39 is 0 Å². The second kappa shape index (κ2) is 7.44. The van der Waals surface area contributed by atoms with E-state index in [4.69, 9.17) is 0 Å². The molecule has 1 aromatic carbocycles. The third kappa shape index (κ3) is 5.27. The van der Waals surface area contributed by atoms with Crippen molar-refractivity contribution in [2.24, 2.45) is 0 Å². The molecule has 0 saturated carbocycles. The molecule has 1 aromatic heterocycles. The average molecular weight is 287 g/mol. The van der Waals surface area contributed by atoms with Gasteiger partial charge in [-0.15, -0.1) is 0 Å². The fraction of sp³-hybridized carbons (Fsp3) is 0.333. The molecule has 2 aromatic rings. The number of rotatable bonds is 6. The lowest BCUT2D eigenvalue weighted by molar-refractivity contribution is 0.250. The van der Waals surface area contributed by atoms with Crippen molar-refractivity contribution in [3.63, 3.8) is 0 Å². The van der Waals surface area contributed by atoms with Gasteiger partial charge in [0, 0.05) is 30.7 Å². The Balaban J connectivity index is 1.77. The van der Waals surface area contributed by atoms with Crippen molar-refractivity contribution in [3.8, 4) is 0 Å². The van der Waals surface area contributed by atoms with Crippen LogP contribution in [0.5, 0.6) is 0 Å². The Morgan fingerprint density at radius 2 is 2.00 bits per heavy atom. The molecule has 0 saturated heterocycles. The third-order valence-corrected chi connectivity index (χ3v) is 2.81. The minimum absolute atomic E-state index is 0.120. The van der Waals surface area contributed by atoms with Gasteiger partial charge in [0.2, 0.25) is 0 Å². The molecule has 6 heteroatoms. The van der Waals surface area contributed by atoms with Crippen LogP contribution in [0.3, 0.4) is 0 Å². The molecule has 0 aliphatic carbocycles. The summed E-state index contributed by atoms with van der Waals surface area (Å²) in [7, 11) is 0. The van der Waals surface area contributed by atoms with E-state index in [1.165, 1.54) is 0 Å². The first kappa shape index (κ1) is 15.1.